The lowest BCUT2D eigenvalue weighted by atomic mass is 9.95. The van der Waals surface area contributed by atoms with Crippen LogP contribution in [-0.2, 0) is 0 Å². The molecule has 2 aromatic rings. The molecule has 1 nitrogen and oxygen atoms in total. The van der Waals surface area contributed by atoms with Crippen molar-refractivity contribution in [2.24, 2.45) is 5.92 Å². The van der Waals surface area contributed by atoms with E-state index in [1.54, 1.807) is 0 Å². The molecule has 0 aromatic heterocycles. The van der Waals surface area contributed by atoms with Crippen molar-refractivity contribution in [3.63, 3.8) is 0 Å². The van der Waals surface area contributed by atoms with Crippen LogP contribution in [0.15, 0.2) is 59.1 Å². The molecule has 0 saturated carbocycles. The maximum Gasteiger partial charge on any atom is 0.0328 e. The van der Waals surface area contributed by atoms with E-state index in [-0.39, 0.29) is 0 Å². The lowest BCUT2D eigenvalue weighted by Crippen LogP contribution is -2.26. The number of halogens is 1. The first-order chi connectivity index (χ1) is 10.1. The Hall–Kier alpha value is -1.12. The minimum atomic E-state index is 0.310. The van der Waals surface area contributed by atoms with Gasteiger partial charge >= 0.3 is 0 Å². The Balaban J connectivity index is 2.17. The van der Waals surface area contributed by atoms with Crippen molar-refractivity contribution >= 4 is 15.9 Å². The number of benzene rings is 2. The van der Waals surface area contributed by atoms with E-state index in [1.165, 1.54) is 15.6 Å². The van der Waals surface area contributed by atoms with Crippen LogP contribution in [0.3, 0.4) is 0 Å². The van der Waals surface area contributed by atoms with E-state index >= 15 is 0 Å². The van der Waals surface area contributed by atoms with Crippen LogP contribution in [0.1, 0.15) is 50.4 Å². The summed E-state index contributed by atoms with van der Waals surface area (Å²) in [5.74, 6) is 0.661. The van der Waals surface area contributed by atoms with Crippen LogP contribution < -0.4 is 5.32 Å². The molecule has 2 atom stereocenters. The fourth-order valence-electron chi connectivity index (χ4n) is 2.67. The van der Waals surface area contributed by atoms with Gasteiger partial charge in [-0.05, 0) is 36.5 Å². The van der Waals surface area contributed by atoms with Crippen molar-refractivity contribution in [3.8, 4) is 0 Å². The van der Waals surface area contributed by atoms with Crippen LogP contribution in [-0.4, -0.2) is 0 Å². The van der Waals surface area contributed by atoms with Gasteiger partial charge in [0.2, 0.25) is 0 Å². The molecule has 112 valence electrons. The second kappa shape index (κ2) is 7.77. The minimum absolute atomic E-state index is 0.310. The van der Waals surface area contributed by atoms with Crippen molar-refractivity contribution in [2.75, 3.05) is 0 Å². The number of hydrogen-bond acceptors (Lipinski definition) is 1. The van der Waals surface area contributed by atoms with Crippen LogP contribution in [0.5, 0.6) is 0 Å². The Bertz CT molecular complexity index is 551. The molecular weight excluding hydrogens is 322 g/mol. The predicted molar refractivity (Wildman–Crippen MR) is 94.3 cm³/mol. The van der Waals surface area contributed by atoms with Gasteiger partial charge in [-0.3, -0.25) is 0 Å². The second-order valence-corrected chi connectivity index (χ2v) is 6.86. The largest absolute Gasteiger partial charge is 0.303 e. The highest BCUT2D eigenvalue weighted by atomic mass is 79.9. The lowest BCUT2D eigenvalue weighted by molar-refractivity contribution is 0.394. The second-order valence-electron chi connectivity index (χ2n) is 6.00. The van der Waals surface area contributed by atoms with Gasteiger partial charge in [-0.1, -0.05) is 78.3 Å². The first kappa shape index (κ1) is 16.3. The monoisotopic (exact) mass is 345 g/mol. The summed E-state index contributed by atoms with van der Waals surface area (Å²) in [6, 6.07) is 19.9. The Kier molecular flexibility index (Phi) is 6.01. The standard InChI is InChI=1S/C19H24BrN/c1-14(2)13-19(16-9-5-4-6-10-16)21-15(3)17-11-7-8-12-18(17)20/h4-12,14-15,19,21H,13H2,1-3H3/t15-,19?/m1/s1. The van der Waals surface area contributed by atoms with Crippen molar-refractivity contribution in [3.05, 3.63) is 70.2 Å². The highest BCUT2D eigenvalue weighted by Gasteiger charge is 2.17. The maximum atomic E-state index is 3.79. The van der Waals surface area contributed by atoms with Gasteiger partial charge < -0.3 is 5.32 Å². The summed E-state index contributed by atoms with van der Waals surface area (Å²) in [6.07, 6.45) is 1.14. The van der Waals surface area contributed by atoms with Crippen LogP contribution in [0.2, 0.25) is 0 Å². The molecule has 0 bridgehead atoms. The zero-order valence-electron chi connectivity index (χ0n) is 13.0. The molecule has 0 aliphatic carbocycles. The molecule has 0 heterocycles. The molecule has 0 radical (unpaired) electrons. The lowest BCUT2D eigenvalue weighted by Gasteiger charge is -2.26. The Morgan fingerprint density at radius 1 is 0.905 bits per heavy atom. The maximum absolute atomic E-state index is 3.79. The molecule has 1 unspecified atom stereocenters. The third-order valence-corrected chi connectivity index (χ3v) is 4.45. The van der Waals surface area contributed by atoms with Gasteiger partial charge in [0.25, 0.3) is 0 Å². The molecule has 2 rings (SSSR count). The van der Waals surface area contributed by atoms with Crippen LogP contribution >= 0.6 is 15.9 Å². The van der Waals surface area contributed by atoms with Crippen LogP contribution in [0.4, 0.5) is 0 Å². The summed E-state index contributed by atoms with van der Waals surface area (Å²) in [4.78, 5) is 0. The smallest absolute Gasteiger partial charge is 0.0328 e. The third kappa shape index (κ3) is 4.69. The Morgan fingerprint density at radius 3 is 2.14 bits per heavy atom. The first-order valence-electron chi connectivity index (χ1n) is 7.63. The van der Waals surface area contributed by atoms with Gasteiger partial charge in [-0.15, -0.1) is 0 Å². The van der Waals surface area contributed by atoms with E-state index in [0.717, 1.165) is 6.42 Å². The quantitative estimate of drug-likeness (QED) is 0.688. The Morgan fingerprint density at radius 2 is 1.52 bits per heavy atom. The van der Waals surface area contributed by atoms with Crippen LogP contribution in [0.25, 0.3) is 0 Å². The van der Waals surface area contributed by atoms with Crippen molar-refractivity contribution < 1.29 is 0 Å². The van der Waals surface area contributed by atoms with E-state index in [4.69, 9.17) is 0 Å². The van der Waals surface area contributed by atoms with E-state index in [1.807, 2.05) is 0 Å². The highest BCUT2D eigenvalue weighted by molar-refractivity contribution is 9.10. The summed E-state index contributed by atoms with van der Waals surface area (Å²) in [5.41, 5.74) is 2.67. The van der Waals surface area contributed by atoms with E-state index in [2.05, 4.69) is 96.6 Å². The summed E-state index contributed by atoms with van der Waals surface area (Å²) in [7, 11) is 0. The van der Waals surface area contributed by atoms with E-state index < -0.39 is 0 Å². The Labute approximate surface area is 136 Å². The fraction of sp³-hybridized carbons (Fsp3) is 0.368. The molecule has 21 heavy (non-hydrogen) atoms. The SMILES string of the molecule is CC(C)CC(N[C@H](C)c1ccccc1Br)c1ccccc1. The summed E-state index contributed by atoms with van der Waals surface area (Å²) < 4.78 is 1.17. The molecule has 0 amide bonds. The molecule has 0 spiro atoms. The van der Waals surface area contributed by atoms with Gasteiger partial charge in [0.15, 0.2) is 0 Å². The van der Waals surface area contributed by atoms with Gasteiger partial charge in [0.1, 0.15) is 0 Å². The third-order valence-electron chi connectivity index (χ3n) is 3.73. The molecule has 0 saturated heterocycles. The molecule has 0 aliphatic rings. The van der Waals surface area contributed by atoms with Gasteiger partial charge in [0, 0.05) is 16.6 Å². The molecule has 2 heteroatoms. The molecule has 0 fully saturated rings. The van der Waals surface area contributed by atoms with Gasteiger partial charge in [-0.2, -0.15) is 0 Å². The zero-order valence-corrected chi connectivity index (χ0v) is 14.6. The predicted octanol–water partition coefficient (Wildman–Crippen LogP) is 5.89. The average molecular weight is 346 g/mol. The fourth-order valence-corrected chi connectivity index (χ4v) is 3.30. The minimum Gasteiger partial charge on any atom is -0.303 e. The molecule has 0 aliphatic heterocycles. The van der Waals surface area contributed by atoms with E-state index in [0.29, 0.717) is 18.0 Å². The van der Waals surface area contributed by atoms with Crippen molar-refractivity contribution in [2.45, 2.75) is 39.3 Å². The zero-order chi connectivity index (χ0) is 15.2. The normalized spacial score (nSPS) is 14.1. The molecule has 1 N–H and O–H groups in total. The number of hydrogen-bond donors (Lipinski definition) is 1. The number of rotatable bonds is 6. The van der Waals surface area contributed by atoms with Crippen LogP contribution in [0, 0.1) is 5.92 Å². The summed E-state index contributed by atoms with van der Waals surface area (Å²) in [6.45, 7) is 6.79. The molecule has 2 aromatic carbocycles. The van der Waals surface area contributed by atoms with Crippen molar-refractivity contribution in [1.82, 2.24) is 5.32 Å². The number of nitrogens with one attached hydrogen (secondary N) is 1. The molecular formula is C19H24BrN. The van der Waals surface area contributed by atoms with Gasteiger partial charge in [0.05, 0.1) is 0 Å². The first-order valence-corrected chi connectivity index (χ1v) is 8.42. The highest BCUT2D eigenvalue weighted by Crippen LogP contribution is 2.28. The topological polar surface area (TPSA) is 12.0 Å². The summed E-state index contributed by atoms with van der Waals surface area (Å²) in [5, 5.41) is 3.79. The summed E-state index contributed by atoms with van der Waals surface area (Å²) >= 11 is 3.65. The van der Waals surface area contributed by atoms with E-state index in [9.17, 15) is 0 Å². The average Bonchev–Trinajstić information content (AvgIpc) is 2.47. The van der Waals surface area contributed by atoms with Gasteiger partial charge in [-0.25, -0.2) is 0 Å². The van der Waals surface area contributed by atoms with Crippen molar-refractivity contribution in [1.29, 1.82) is 0 Å².